The van der Waals surface area contributed by atoms with Gasteiger partial charge >= 0.3 is 5.97 Å². The maximum absolute atomic E-state index is 12.1. The number of Topliss-reactive ketones (excluding diaryl/α,β-unsaturated/α-hetero) is 1. The summed E-state index contributed by atoms with van der Waals surface area (Å²) in [6.07, 6.45) is 6.69. The van der Waals surface area contributed by atoms with Gasteiger partial charge in [-0.25, -0.2) is 0 Å². The summed E-state index contributed by atoms with van der Waals surface area (Å²) in [5.41, 5.74) is 2.34. The monoisotopic (exact) mass is 250 g/mol. The Morgan fingerprint density at radius 1 is 1.39 bits per heavy atom. The third-order valence-electron chi connectivity index (χ3n) is 3.68. The number of carbonyl (C=O) groups excluding carboxylic acids is 2. The Balaban J connectivity index is 3.08. The molecule has 3 nitrogen and oxygen atoms in total. The van der Waals surface area contributed by atoms with Crippen molar-refractivity contribution in [1.82, 2.24) is 0 Å². The minimum atomic E-state index is -0.702. The Hall–Kier alpha value is -1.34. The molecule has 1 saturated carbocycles. The van der Waals surface area contributed by atoms with Crippen molar-refractivity contribution in [2.24, 2.45) is 11.3 Å². The molecule has 1 atom stereocenters. The molecule has 0 saturated heterocycles. The molecule has 1 aliphatic carbocycles. The Morgan fingerprint density at radius 2 is 2.00 bits per heavy atom. The first-order chi connectivity index (χ1) is 8.57. The van der Waals surface area contributed by atoms with Crippen molar-refractivity contribution in [3.63, 3.8) is 0 Å². The number of hydrogen-bond donors (Lipinski definition) is 0. The third kappa shape index (κ3) is 3.11. The van der Waals surface area contributed by atoms with Gasteiger partial charge in [0.15, 0.2) is 0 Å². The van der Waals surface area contributed by atoms with E-state index in [9.17, 15) is 9.59 Å². The standard InChI is InChI=1S/C15H22O3/c1-4-9-15(10-7-6-8-11-15)13(12(3)16)14(17)18-5-2/h9,13H,1,5-8,10-11H2,2-3H3. The largest absolute Gasteiger partial charge is 0.465 e. The van der Waals surface area contributed by atoms with Crippen molar-refractivity contribution in [3.8, 4) is 0 Å². The number of ether oxygens (including phenoxy) is 1. The molecule has 0 amide bonds. The van der Waals surface area contributed by atoms with E-state index in [1.165, 1.54) is 6.92 Å². The second-order valence-corrected chi connectivity index (χ2v) is 4.94. The zero-order valence-electron chi connectivity index (χ0n) is 11.3. The summed E-state index contributed by atoms with van der Waals surface area (Å²) >= 11 is 0. The maximum Gasteiger partial charge on any atom is 0.317 e. The van der Waals surface area contributed by atoms with Crippen LogP contribution >= 0.6 is 0 Å². The predicted octanol–water partition coefficient (Wildman–Crippen LogP) is 3.05. The number of rotatable bonds is 5. The van der Waals surface area contributed by atoms with Gasteiger partial charge in [-0.3, -0.25) is 9.59 Å². The molecule has 1 unspecified atom stereocenters. The first-order valence-electron chi connectivity index (χ1n) is 6.61. The van der Waals surface area contributed by atoms with Crippen LogP contribution in [-0.4, -0.2) is 18.4 Å². The lowest BCUT2D eigenvalue weighted by molar-refractivity contribution is -0.156. The van der Waals surface area contributed by atoms with Gasteiger partial charge in [-0.15, -0.1) is 5.73 Å². The van der Waals surface area contributed by atoms with Gasteiger partial charge in [-0.2, -0.15) is 0 Å². The number of esters is 1. The molecule has 1 aliphatic rings. The van der Waals surface area contributed by atoms with Crippen LogP contribution in [0, 0.1) is 11.3 Å². The van der Waals surface area contributed by atoms with Crippen LogP contribution in [0.15, 0.2) is 18.4 Å². The lowest BCUT2D eigenvalue weighted by atomic mass is 9.64. The van der Waals surface area contributed by atoms with Gasteiger partial charge in [-0.05, 0) is 32.8 Å². The van der Waals surface area contributed by atoms with Crippen LogP contribution in [-0.2, 0) is 14.3 Å². The van der Waals surface area contributed by atoms with E-state index in [1.54, 1.807) is 6.92 Å². The number of carbonyl (C=O) groups is 2. The van der Waals surface area contributed by atoms with Crippen molar-refractivity contribution in [1.29, 1.82) is 0 Å². The lowest BCUT2D eigenvalue weighted by Crippen LogP contribution is -2.41. The molecule has 0 aromatic heterocycles. The van der Waals surface area contributed by atoms with E-state index >= 15 is 0 Å². The highest BCUT2D eigenvalue weighted by Gasteiger charge is 2.45. The molecule has 0 aliphatic heterocycles. The second kappa shape index (κ2) is 6.55. The second-order valence-electron chi connectivity index (χ2n) is 4.94. The zero-order valence-corrected chi connectivity index (χ0v) is 11.3. The molecule has 0 N–H and O–H groups in total. The van der Waals surface area contributed by atoms with Crippen molar-refractivity contribution < 1.29 is 14.3 Å². The van der Waals surface area contributed by atoms with Crippen LogP contribution in [0.1, 0.15) is 46.0 Å². The van der Waals surface area contributed by atoms with E-state index in [0.29, 0.717) is 6.61 Å². The van der Waals surface area contributed by atoms with E-state index in [1.807, 2.05) is 6.08 Å². The molecule has 18 heavy (non-hydrogen) atoms. The molecule has 0 spiro atoms. The van der Waals surface area contributed by atoms with Crippen LogP contribution in [0.25, 0.3) is 0 Å². The van der Waals surface area contributed by atoms with E-state index in [-0.39, 0.29) is 5.78 Å². The summed E-state index contributed by atoms with van der Waals surface area (Å²) in [7, 11) is 0. The fourth-order valence-corrected chi connectivity index (χ4v) is 2.96. The van der Waals surface area contributed by atoms with Crippen LogP contribution in [0.5, 0.6) is 0 Å². The van der Waals surface area contributed by atoms with Crippen molar-refractivity contribution >= 4 is 11.8 Å². The first kappa shape index (κ1) is 14.7. The highest BCUT2D eigenvalue weighted by atomic mass is 16.5. The van der Waals surface area contributed by atoms with E-state index in [4.69, 9.17) is 4.74 Å². The Morgan fingerprint density at radius 3 is 2.44 bits per heavy atom. The van der Waals surface area contributed by atoms with E-state index < -0.39 is 17.3 Å². The molecule has 100 valence electrons. The van der Waals surface area contributed by atoms with Crippen molar-refractivity contribution in [2.75, 3.05) is 6.61 Å². The molecule has 0 heterocycles. The molecule has 0 radical (unpaired) electrons. The summed E-state index contributed by atoms with van der Waals surface area (Å²) < 4.78 is 5.06. The summed E-state index contributed by atoms with van der Waals surface area (Å²) in [4.78, 5) is 23.9. The highest BCUT2D eigenvalue weighted by molar-refractivity contribution is 5.99. The number of allylic oxidation sites excluding steroid dienone is 1. The van der Waals surface area contributed by atoms with Crippen molar-refractivity contribution in [3.05, 3.63) is 18.4 Å². The Labute approximate surface area is 109 Å². The molecular weight excluding hydrogens is 228 g/mol. The predicted molar refractivity (Wildman–Crippen MR) is 70.0 cm³/mol. The average Bonchev–Trinajstić information content (AvgIpc) is 2.30. The minimum Gasteiger partial charge on any atom is -0.465 e. The zero-order chi connectivity index (χ0) is 13.6. The quantitative estimate of drug-likeness (QED) is 0.428. The first-order valence-corrected chi connectivity index (χ1v) is 6.61. The Bertz CT molecular complexity index is 358. The molecule has 0 aromatic rings. The maximum atomic E-state index is 12.1. The normalized spacial score (nSPS) is 19.4. The van der Waals surface area contributed by atoms with Crippen LogP contribution in [0.3, 0.4) is 0 Å². The fourth-order valence-electron chi connectivity index (χ4n) is 2.96. The van der Waals surface area contributed by atoms with Gasteiger partial charge in [-0.1, -0.05) is 25.8 Å². The van der Waals surface area contributed by atoms with Gasteiger partial charge in [0.25, 0.3) is 0 Å². The molecule has 1 fully saturated rings. The van der Waals surface area contributed by atoms with E-state index in [0.717, 1.165) is 32.1 Å². The average molecular weight is 250 g/mol. The third-order valence-corrected chi connectivity index (χ3v) is 3.68. The molecule has 3 heteroatoms. The van der Waals surface area contributed by atoms with Crippen LogP contribution in [0.2, 0.25) is 0 Å². The summed E-state index contributed by atoms with van der Waals surface area (Å²) in [6.45, 7) is 7.13. The summed E-state index contributed by atoms with van der Waals surface area (Å²) in [6, 6.07) is 0. The van der Waals surface area contributed by atoms with Gasteiger partial charge in [0.05, 0.1) is 6.61 Å². The molecule has 1 rings (SSSR count). The van der Waals surface area contributed by atoms with Gasteiger partial charge in [0.1, 0.15) is 11.7 Å². The van der Waals surface area contributed by atoms with Gasteiger partial charge < -0.3 is 4.74 Å². The lowest BCUT2D eigenvalue weighted by Gasteiger charge is -2.38. The van der Waals surface area contributed by atoms with Crippen molar-refractivity contribution in [2.45, 2.75) is 46.0 Å². The summed E-state index contributed by atoms with van der Waals surface area (Å²) in [5, 5.41) is 0. The van der Waals surface area contributed by atoms with Crippen LogP contribution < -0.4 is 0 Å². The highest BCUT2D eigenvalue weighted by Crippen LogP contribution is 2.44. The number of hydrogen-bond acceptors (Lipinski definition) is 3. The number of ketones is 1. The van der Waals surface area contributed by atoms with E-state index in [2.05, 4.69) is 12.3 Å². The fraction of sp³-hybridized carbons (Fsp3) is 0.667. The minimum absolute atomic E-state index is 0.123. The Kier molecular flexibility index (Phi) is 5.36. The van der Waals surface area contributed by atoms with Gasteiger partial charge in [0, 0.05) is 5.41 Å². The van der Waals surface area contributed by atoms with Crippen LogP contribution in [0.4, 0.5) is 0 Å². The summed E-state index contributed by atoms with van der Waals surface area (Å²) in [5.74, 6) is -1.23. The molecular formula is C15H22O3. The topological polar surface area (TPSA) is 43.4 Å². The smallest absolute Gasteiger partial charge is 0.317 e. The molecule has 0 aromatic carbocycles. The molecule has 0 bridgehead atoms. The van der Waals surface area contributed by atoms with Gasteiger partial charge in [0.2, 0.25) is 0 Å². The SMILES string of the molecule is C=C=CC1(C(C(C)=O)C(=O)OCC)CCCCC1.